The monoisotopic (exact) mass is 467 g/mol. The lowest BCUT2D eigenvalue weighted by Gasteiger charge is -2.15. The van der Waals surface area contributed by atoms with Gasteiger partial charge in [-0.3, -0.25) is 19.4 Å². The van der Waals surface area contributed by atoms with Crippen LogP contribution in [0.5, 0.6) is 0 Å². The Morgan fingerprint density at radius 1 is 0.971 bits per heavy atom. The number of rotatable bonds is 6. The molecule has 1 amide bonds. The first kappa shape index (κ1) is 22.2. The van der Waals surface area contributed by atoms with Gasteiger partial charge in [-0.2, -0.15) is 0 Å². The van der Waals surface area contributed by atoms with E-state index in [1.807, 2.05) is 30.3 Å². The lowest BCUT2D eigenvalue weighted by atomic mass is 10.1. The van der Waals surface area contributed by atoms with Crippen LogP contribution in [0.25, 0.3) is 16.7 Å². The molecule has 2 N–H and O–H groups in total. The van der Waals surface area contributed by atoms with Crippen LogP contribution in [-0.4, -0.2) is 26.4 Å². The Labute approximate surface area is 199 Å². The van der Waals surface area contributed by atoms with Crippen LogP contribution in [-0.2, 0) is 13.0 Å². The van der Waals surface area contributed by atoms with Crippen LogP contribution in [0.2, 0.25) is 0 Å². The fourth-order valence-electron chi connectivity index (χ4n) is 4.05. The fourth-order valence-corrected chi connectivity index (χ4v) is 4.05. The quantitative estimate of drug-likeness (QED) is 0.376. The molecule has 0 bridgehead atoms. The van der Waals surface area contributed by atoms with Crippen LogP contribution in [0.1, 0.15) is 21.5 Å². The van der Waals surface area contributed by atoms with E-state index in [1.165, 1.54) is 27.2 Å². The number of carbonyl (C=O) groups excluding carboxylic acids is 1. The molecule has 5 aromatic rings. The van der Waals surface area contributed by atoms with Crippen molar-refractivity contribution in [2.24, 2.45) is 0 Å². The summed E-state index contributed by atoms with van der Waals surface area (Å²) in [5, 5.41) is 11.9. The summed E-state index contributed by atoms with van der Waals surface area (Å²) in [7, 11) is 0. The zero-order valence-electron chi connectivity index (χ0n) is 18.7. The summed E-state index contributed by atoms with van der Waals surface area (Å²) in [6.45, 7) is 0.531. The van der Waals surface area contributed by atoms with Crippen molar-refractivity contribution in [2.45, 2.75) is 13.0 Å². The number of carbonyl (C=O) groups is 1. The molecular weight excluding hydrogens is 445 g/mol. The third-order valence-corrected chi connectivity index (χ3v) is 5.86. The zero-order chi connectivity index (χ0) is 24.4. The maximum absolute atomic E-state index is 13.4. The lowest BCUT2D eigenvalue weighted by Crippen LogP contribution is -2.35. The first-order chi connectivity index (χ1) is 17.0. The van der Waals surface area contributed by atoms with Crippen LogP contribution in [0.15, 0.2) is 89.9 Å². The second kappa shape index (κ2) is 9.34. The molecule has 0 spiro atoms. The third-order valence-electron chi connectivity index (χ3n) is 5.86. The van der Waals surface area contributed by atoms with E-state index in [0.29, 0.717) is 24.2 Å². The summed E-state index contributed by atoms with van der Waals surface area (Å²) in [6, 6.07) is 22.3. The number of halogens is 1. The van der Waals surface area contributed by atoms with Crippen molar-refractivity contribution in [3.05, 3.63) is 123 Å². The SMILES string of the molecule is N=c1c(C(=O)NCCc2ccccc2)cc2c(=O)n3ccccc3nc2n1Cc1ccc(F)cc1. The number of aromatic nitrogens is 3. The van der Waals surface area contributed by atoms with Crippen molar-refractivity contribution >= 4 is 22.6 Å². The van der Waals surface area contributed by atoms with Crippen molar-refractivity contribution in [3.63, 3.8) is 0 Å². The Balaban J connectivity index is 1.60. The largest absolute Gasteiger partial charge is 0.352 e. The van der Waals surface area contributed by atoms with E-state index in [1.54, 1.807) is 36.5 Å². The van der Waals surface area contributed by atoms with Gasteiger partial charge in [0.1, 0.15) is 22.6 Å². The average Bonchev–Trinajstić information content (AvgIpc) is 2.88. The van der Waals surface area contributed by atoms with E-state index in [-0.39, 0.29) is 40.0 Å². The Bertz CT molecular complexity index is 1660. The molecule has 0 unspecified atom stereocenters. The predicted octanol–water partition coefficient (Wildman–Crippen LogP) is 3.29. The maximum Gasteiger partial charge on any atom is 0.267 e. The Morgan fingerprint density at radius 3 is 2.49 bits per heavy atom. The van der Waals surface area contributed by atoms with E-state index >= 15 is 0 Å². The first-order valence-corrected chi connectivity index (χ1v) is 11.2. The Hall–Kier alpha value is -4.59. The predicted molar refractivity (Wildman–Crippen MR) is 131 cm³/mol. The van der Waals surface area contributed by atoms with Gasteiger partial charge in [0.2, 0.25) is 0 Å². The number of nitrogens with one attached hydrogen (secondary N) is 2. The highest BCUT2D eigenvalue weighted by Crippen LogP contribution is 2.13. The Kier molecular flexibility index (Phi) is 5.93. The number of fused-ring (bicyclic) bond motifs is 2. The van der Waals surface area contributed by atoms with E-state index < -0.39 is 5.91 Å². The Morgan fingerprint density at radius 2 is 1.71 bits per heavy atom. The van der Waals surface area contributed by atoms with Crippen molar-refractivity contribution in [2.75, 3.05) is 6.54 Å². The number of hydrogen-bond acceptors (Lipinski definition) is 4. The first-order valence-electron chi connectivity index (χ1n) is 11.2. The standard InChI is InChI=1S/C27H22FN5O2/c28-20-11-9-19(10-12-20)17-33-24(29)21(26(34)30-14-13-18-6-2-1-3-7-18)16-22-25(33)31-23-8-4-5-15-32(23)27(22)35/h1-12,15-16,29H,13-14,17H2,(H,30,34). The van der Waals surface area contributed by atoms with Crippen LogP contribution < -0.4 is 16.4 Å². The van der Waals surface area contributed by atoms with Gasteiger partial charge in [0, 0.05) is 12.7 Å². The van der Waals surface area contributed by atoms with Gasteiger partial charge < -0.3 is 9.88 Å². The minimum absolute atomic E-state index is 0.0717. The van der Waals surface area contributed by atoms with Crippen LogP contribution in [0.4, 0.5) is 4.39 Å². The fraction of sp³-hybridized carbons (Fsp3) is 0.111. The molecule has 0 radical (unpaired) electrons. The summed E-state index contributed by atoms with van der Waals surface area (Å²) in [4.78, 5) is 31.0. The normalized spacial score (nSPS) is 11.1. The van der Waals surface area contributed by atoms with Crippen LogP contribution >= 0.6 is 0 Å². The topological polar surface area (TPSA) is 92.2 Å². The highest BCUT2D eigenvalue weighted by atomic mass is 19.1. The van der Waals surface area contributed by atoms with Gasteiger partial charge in [-0.25, -0.2) is 9.37 Å². The molecule has 0 saturated carbocycles. The summed E-state index contributed by atoms with van der Waals surface area (Å²) in [5.74, 6) is -0.818. The summed E-state index contributed by atoms with van der Waals surface area (Å²) < 4.78 is 16.4. The minimum atomic E-state index is -0.446. The van der Waals surface area contributed by atoms with E-state index in [9.17, 15) is 14.0 Å². The molecule has 0 fully saturated rings. The van der Waals surface area contributed by atoms with Gasteiger partial charge in [0.05, 0.1) is 17.5 Å². The molecule has 3 heterocycles. The molecule has 2 aromatic carbocycles. The number of amides is 1. The zero-order valence-corrected chi connectivity index (χ0v) is 18.7. The molecule has 7 nitrogen and oxygen atoms in total. The van der Waals surface area contributed by atoms with Crippen LogP contribution in [0, 0.1) is 11.2 Å². The second-order valence-electron chi connectivity index (χ2n) is 8.19. The number of benzene rings is 2. The maximum atomic E-state index is 13.4. The lowest BCUT2D eigenvalue weighted by molar-refractivity contribution is 0.0951. The van der Waals surface area contributed by atoms with E-state index in [4.69, 9.17) is 5.41 Å². The minimum Gasteiger partial charge on any atom is -0.352 e. The highest BCUT2D eigenvalue weighted by molar-refractivity contribution is 5.96. The molecule has 0 saturated heterocycles. The number of nitrogens with zero attached hydrogens (tertiary/aromatic N) is 3. The van der Waals surface area contributed by atoms with Gasteiger partial charge in [-0.15, -0.1) is 0 Å². The third kappa shape index (κ3) is 4.46. The molecule has 174 valence electrons. The summed E-state index contributed by atoms with van der Waals surface area (Å²) in [6.07, 6.45) is 2.25. The summed E-state index contributed by atoms with van der Waals surface area (Å²) >= 11 is 0. The highest BCUT2D eigenvalue weighted by Gasteiger charge is 2.17. The van der Waals surface area contributed by atoms with Crippen molar-refractivity contribution in [1.82, 2.24) is 19.3 Å². The number of hydrogen-bond donors (Lipinski definition) is 2. The molecular formula is C27H22FN5O2. The smallest absolute Gasteiger partial charge is 0.267 e. The molecule has 0 aliphatic carbocycles. The van der Waals surface area contributed by atoms with Gasteiger partial charge in [0.25, 0.3) is 11.5 Å². The molecule has 8 heteroatoms. The van der Waals surface area contributed by atoms with Gasteiger partial charge in [0.15, 0.2) is 0 Å². The van der Waals surface area contributed by atoms with Crippen LogP contribution in [0.3, 0.4) is 0 Å². The van der Waals surface area contributed by atoms with E-state index in [0.717, 1.165) is 5.56 Å². The van der Waals surface area contributed by atoms with Crippen molar-refractivity contribution in [3.8, 4) is 0 Å². The summed E-state index contributed by atoms with van der Waals surface area (Å²) in [5.41, 5.74) is 2.17. The van der Waals surface area contributed by atoms with Gasteiger partial charge in [-0.05, 0) is 47.9 Å². The molecule has 0 aliphatic heterocycles. The van der Waals surface area contributed by atoms with E-state index in [2.05, 4.69) is 10.3 Å². The van der Waals surface area contributed by atoms with Crippen molar-refractivity contribution < 1.29 is 9.18 Å². The van der Waals surface area contributed by atoms with Crippen molar-refractivity contribution in [1.29, 1.82) is 5.41 Å². The van der Waals surface area contributed by atoms with Gasteiger partial charge in [-0.1, -0.05) is 48.5 Å². The number of pyridine rings is 2. The molecule has 3 aromatic heterocycles. The molecule has 0 aliphatic rings. The molecule has 0 atom stereocenters. The van der Waals surface area contributed by atoms with Gasteiger partial charge >= 0.3 is 0 Å². The average molecular weight is 468 g/mol. The molecule has 5 rings (SSSR count). The second-order valence-corrected chi connectivity index (χ2v) is 8.19. The molecule has 35 heavy (non-hydrogen) atoms.